The standard InChI is InChI=1S/C13H18FNO/c1-9-4-6-10(7-5-9)13(16)12-11(14)3-2-8-15-12/h2-3,8-10,13,16H,4-7H2,1H3. The van der Waals surface area contributed by atoms with Gasteiger partial charge in [-0.25, -0.2) is 4.39 Å². The second kappa shape index (κ2) is 4.91. The molecule has 0 saturated heterocycles. The van der Waals surface area contributed by atoms with Crippen molar-refractivity contribution in [1.29, 1.82) is 0 Å². The first-order chi connectivity index (χ1) is 7.68. The van der Waals surface area contributed by atoms with Gasteiger partial charge in [-0.3, -0.25) is 4.98 Å². The Bertz CT molecular complexity index is 348. The molecular weight excluding hydrogens is 205 g/mol. The molecule has 3 heteroatoms. The third-order valence-corrected chi connectivity index (χ3v) is 3.57. The van der Waals surface area contributed by atoms with Gasteiger partial charge < -0.3 is 5.11 Å². The van der Waals surface area contributed by atoms with Crippen LogP contribution in [0.5, 0.6) is 0 Å². The topological polar surface area (TPSA) is 33.1 Å². The summed E-state index contributed by atoms with van der Waals surface area (Å²) in [7, 11) is 0. The van der Waals surface area contributed by atoms with Crippen LogP contribution in [0.2, 0.25) is 0 Å². The van der Waals surface area contributed by atoms with Gasteiger partial charge in [0, 0.05) is 6.20 Å². The van der Waals surface area contributed by atoms with Gasteiger partial charge in [-0.2, -0.15) is 0 Å². The van der Waals surface area contributed by atoms with E-state index in [-0.39, 0.29) is 11.6 Å². The molecule has 1 atom stereocenters. The van der Waals surface area contributed by atoms with Crippen molar-refractivity contribution < 1.29 is 9.50 Å². The lowest BCUT2D eigenvalue weighted by atomic mass is 9.79. The summed E-state index contributed by atoms with van der Waals surface area (Å²) in [6, 6.07) is 2.91. The van der Waals surface area contributed by atoms with Crippen molar-refractivity contribution >= 4 is 0 Å². The Kier molecular flexibility index (Phi) is 3.54. The number of hydrogen-bond donors (Lipinski definition) is 1. The lowest BCUT2D eigenvalue weighted by Gasteiger charge is -2.29. The number of pyridine rings is 1. The van der Waals surface area contributed by atoms with Gasteiger partial charge in [0.25, 0.3) is 0 Å². The smallest absolute Gasteiger partial charge is 0.147 e. The lowest BCUT2D eigenvalue weighted by molar-refractivity contribution is 0.0689. The van der Waals surface area contributed by atoms with Crippen LogP contribution in [0.1, 0.15) is 44.4 Å². The van der Waals surface area contributed by atoms with Crippen molar-refractivity contribution in [2.75, 3.05) is 0 Å². The van der Waals surface area contributed by atoms with Crippen molar-refractivity contribution in [3.05, 3.63) is 29.8 Å². The number of aliphatic hydroxyl groups excluding tert-OH is 1. The molecule has 0 aliphatic heterocycles. The summed E-state index contributed by atoms with van der Waals surface area (Å²) in [6.07, 6.45) is 4.98. The van der Waals surface area contributed by atoms with E-state index >= 15 is 0 Å². The zero-order chi connectivity index (χ0) is 11.5. The lowest BCUT2D eigenvalue weighted by Crippen LogP contribution is -2.20. The van der Waals surface area contributed by atoms with Crippen LogP contribution in [0, 0.1) is 17.7 Å². The summed E-state index contributed by atoms with van der Waals surface area (Å²) in [5.74, 6) is 0.506. The molecule has 0 aromatic carbocycles. The third-order valence-electron chi connectivity index (χ3n) is 3.57. The normalized spacial score (nSPS) is 27.7. The minimum Gasteiger partial charge on any atom is -0.386 e. The summed E-state index contributed by atoms with van der Waals surface area (Å²) in [5.41, 5.74) is 0.210. The fraction of sp³-hybridized carbons (Fsp3) is 0.615. The molecule has 1 aliphatic carbocycles. The molecule has 0 spiro atoms. The van der Waals surface area contributed by atoms with Crippen molar-refractivity contribution in [2.24, 2.45) is 11.8 Å². The van der Waals surface area contributed by atoms with Crippen LogP contribution in [-0.2, 0) is 0 Å². The number of rotatable bonds is 2. The molecule has 1 saturated carbocycles. The van der Waals surface area contributed by atoms with Crippen LogP contribution in [0.15, 0.2) is 18.3 Å². The van der Waals surface area contributed by atoms with E-state index in [1.165, 1.54) is 12.3 Å². The van der Waals surface area contributed by atoms with Gasteiger partial charge in [0.05, 0.1) is 0 Å². The van der Waals surface area contributed by atoms with E-state index < -0.39 is 11.9 Å². The molecule has 2 rings (SSSR count). The van der Waals surface area contributed by atoms with Gasteiger partial charge in [0.15, 0.2) is 0 Å². The van der Waals surface area contributed by atoms with Crippen molar-refractivity contribution in [1.82, 2.24) is 4.98 Å². The Labute approximate surface area is 95.5 Å². The van der Waals surface area contributed by atoms with E-state index in [9.17, 15) is 9.50 Å². The summed E-state index contributed by atoms with van der Waals surface area (Å²) in [6.45, 7) is 2.23. The zero-order valence-electron chi connectivity index (χ0n) is 9.56. The molecule has 1 N–H and O–H groups in total. The quantitative estimate of drug-likeness (QED) is 0.835. The maximum absolute atomic E-state index is 13.4. The van der Waals surface area contributed by atoms with E-state index in [0.717, 1.165) is 31.6 Å². The summed E-state index contributed by atoms with van der Waals surface area (Å²) in [5, 5.41) is 10.1. The molecule has 1 unspecified atom stereocenters. The number of nitrogens with zero attached hydrogens (tertiary/aromatic N) is 1. The van der Waals surface area contributed by atoms with Crippen molar-refractivity contribution in [2.45, 2.75) is 38.7 Å². The molecule has 0 bridgehead atoms. The first-order valence-corrected chi connectivity index (χ1v) is 5.97. The molecule has 88 valence electrons. The highest BCUT2D eigenvalue weighted by Crippen LogP contribution is 2.36. The van der Waals surface area contributed by atoms with E-state index in [1.54, 1.807) is 6.07 Å². The van der Waals surface area contributed by atoms with Crippen LogP contribution in [0.25, 0.3) is 0 Å². The van der Waals surface area contributed by atoms with E-state index in [2.05, 4.69) is 11.9 Å². The van der Waals surface area contributed by atoms with E-state index in [4.69, 9.17) is 0 Å². The Morgan fingerprint density at radius 3 is 2.69 bits per heavy atom. The first-order valence-electron chi connectivity index (χ1n) is 5.97. The molecule has 0 radical (unpaired) electrons. The molecule has 1 aliphatic rings. The van der Waals surface area contributed by atoms with Crippen molar-refractivity contribution in [3.8, 4) is 0 Å². The second-order valence-electron chi connectivity index (χ2n) is 4.84. The average molecular weight is 223 g/mol. The molecule has 1 aromatic rings. The molecule has 2 nitrogen and oxygen atoms in total. The monoisotopic (exact) mass is 223 g/mol. The molecule has 1 aromatic heterocycles. The van der Waals surface area contributed by atoms with E-state index in [1.807, 2.05) is 0 Å². The third kappa shape index (κ3) is 2.40. The number of aromatic nitrogens is 1. The first kappa shape index (κ1) is 11.5. The highest BCUT2D eigenvalue weighted by molar-refractivity contribution is 5.11. The van der Waals surface area contributed by atoms with Gasteiger partial charge in [0.2, 0.25) is 0 Å². The number of hydrogen-bond acceptors (Lipinski definition) is 2. The molecule has 0 amide bonds. The predicted octanol–water partition coefficient (Wildman–Crippen LogP) is 3.08. The highest BCUT2D eigenvalue weighted by atomic mass is 19.1. The van der Waals surface area contributed by atoms with Crippen LogP contribution in [-0.4, -0.2) is 10.1 Å². The Balaban J connectivity index is 2.07. The van der Waals surface area contributed by atoms with Gasteiger partial charge in [-0.05, 0) is 36.8 Å². The largest absolute Gasteiger partial charge is 0.386 e. The van der Waals surface area contributed by atoms with Crippen LogP contribution in [0.4, 0.5) is 4.39 Å². The fourth-order valence-corrected chi connectivity index (χ4v) is 2.44. The highest BCUT2D eigenvalue weighted by Gasteiger charge is 2.28. The molecular formula is C13H18FNO. The maximum atomic E-state index is 13.4. The summed E-state index contributed by atoms with van der Waals surface area (Å²) in [4.78, 5) is 3.95. The van der Waals surface area contributed by atoms with Gasteiger partial charge >= 0.3 is 0 Å². The summed E-state index contributed by atoms with van der Waals surface area (Å²) >= 11 is 0. The van der Waals surface area contributed by atoms with Crippen LogP contribution < -0.4 is 0 Å². The fourth-order valence-electron chi connectivity index (χ4n) is 2.44. The van der Waals surface area contributed by atoms with Crippen molar-refractivity contribution in [3.63, 3.8) is 0 Å². The van der Waals surface area contributed by atoms with Gasteiger partial charge in [-0.1, -0.05) is 19.8 Å². The molecule has 1 heterocycles. The Morgan fingerprint density at radius 2 is 2.06 bits per heavy atom. The Morgan fingerprint density at radius 1 is 1.38 bits per heavy atom. The SMILES string of the molecule is CC1CCC(C(O)c2ncccc2F)CC1. The van der Waals surface area contributed by atoms with Crippen LogP contribution >= 0.6 is 0 Å². The average Bonchev–Trinajstić information content (AvgIpc) is 2.30. The predicted molar refractivity (Wildman–Crippen MR) is 60.3 cm³/mol. The Hall–Kier alpha value is -0.960. The maximum Gasteiger partial charge on any atom is 0.147 e. The van der Waals surface area contributed by atoms with Crippen LogP contribution in [0.3, 0.4) is 0 Å². The van der Waals surface area contributed by atoms with Gasteiger partial charge in [0.1, 0.15) is 17.6 Å². The van der Waals surface area contributed by atoms with Gasteiger partial charge in [-0.15, -0.1) is 0 Å². The number of halogens is 1. The minimum atomic E-state index is -0.742. The summed E-state index contributed by atoms with van der Waals surface area (Å²) < 4.78 is 13.4. The second-order valence-corrected chi connectivity index (χ2v) is 4.84. The number of aliphatic hydroxyl groups is 1. The zero-order valence-corrected chi connectivity index (χ0v) is 9.56. The van der Waals surface area contributed by atoms with E-state index in [0.29, 0.717) is 0 Å². The molecule has 1 fully saturated rings. The molecule has 16 heavy (non-hydrogen) atoms. The minimum absolute atomic E-state index is 0.167.